The molecule has 1 aliphatic rings. The zero-order chi connectivity index (χ0) is 18.1. The second-order valence-electron chi connectivity index (χ2n) is 6.29. The van der Waals surface area contributed by atoms with Gasteiger partial charge in [-0.3, -0.25) is 9.59 Å². The summed E-state index contributed by atoms with van der Waals surface area (Å²) in [5, 5.41) is 3.45. The Morgan fingerprint density at radius 3 is 2.68 bits per heavy atom. The Bertz CT molecular complexity index is 851. The molecule has 0 radical (unpaired) electrons. The predicted molar refractivity (Wildman–Crippen MR) is 101 cm³/mol. The minimum atomic E-state index is -0.428. The standard InChI is InChI=1S/C19H18Cl2N2O2/c1-11-6-7-16(12(2)8-11)23-10-13(9-17(23)24)19(25)22-15-5-3-4-14(20)18(15)21/h3-8,13H,9-10H2,1-2H3,(H,22,25). The molecule has 2 aromatic carbocycles. The maximum atomic E-state index is 12.5. The Hall–Kier alpha value is -2.04. The number of hydrogen-bond donors (Lipinski definition) is 1. The second-order valence-corrected chi connectivity index (χ2v) is 7.07. The van der Waals surface area contributed by atoms with Crippen molar-refractivity contribution in [3.63, 3.8) is 0 Å². The van der Waals surface area contributed by atoms with Crippen molar-refractivity contribution in [3.8, 4) is 0 Å². The summed E-state index contributed by atoms with van der Waals surface area (Å²) in [4.78, 5) is 26.6. The third-order valence-corrected chi connectivity index (χ3v) is 5.17. The number of hydrogen-bond acceptors (Lipinski definition) is 2. The van der Waals surface area contributed by atoms with E-state index in [1.807, 2.05) is 32.0 Å². The third-order valence-electron chi connectivity index (χ3n) is 4.35. The summed E-state index contributed by atoms with van der Waals surface area (Å²) in [6.07, 6.45) is 0.178. The van der Waals surface area contributed by atoms with Crippen molar-refractivity contribution in [1.29, 1.82) is 0 Å². The van der Waals surface area contributed by atoms with Crippen LogP contribution in [-0.2, 0) is 9.59 Å². The first-order chi connectivity index (χ1) is 11.9. The van der Waals surface area contributed by atoms with E-state index in [2.05, 4.69) is 5.32 Å². The number of aryl methyl sites for hydroxylation is 2. The number of rotatable bonds is 3. The molecular formula is C19H18Cl2N2O2. The minimum Gasteiger partial charge on any atom is -0.324 e. The summed E-state index contributed by atoms with van der Waals surface area (Å²) < 4.78 is 0. The molecule has 0 aliphatic carbocycles. The molecule has 130 valence electrons. The molecule has 1 unspecified atom stereocenters. The van der Waals surface area contributed by atoms with Gasteiger partial charge in [-0.1, -0.05) is 47.0 Å². The number of nitrogens with zero attached hydrogens (tertiary/aromatic N) is 1. The summed E-state index contributed by atoms with van der Waals surface area (Å²) in [5.74, 6) is -0.711. The molecule has 0 spiro atoms. The van der Waals surface area contributed by atoms with Crippen molar-refractivity contribution in [1.82, 2.24) is 0 Å². The first-order valence-corrected chi connectivity index (χ1v) is 8.75. The van der Waals surface area contributed by atoms with Gasteiger partial charge in [0, 0.05) is 18.7 Å². The van der Waals surface area contributed by atoms with Crippen LogP contribution in [0.2, 0.25) is 10.0 Å². The molecule has 2 amide bonds. The van der Waals surface area contributed by atoms with Gasteiger partial charge in [-0.25, -0.2) is 0 Å². The molecule has 1 atom stereocenters. The Morgan fingerprint density at radius 2 is 1.96 bits per heavy atom. The number of amides is 2. The van der Waals surface area contributed by atoms with Gasteiger partial charge in [-0.2, -0.15) is 0 Å². The van der Waals surface area contributed by atoms with Crippen LogP contribution in [0.5, 0.6) is 0 Å². The zero-order valence-electron chi connectivity index (χ0n) is 14.0. The smallest absolute Gasteiger partial charge is 0.229 e. The van der Waals surface area contributed by atoms with Crippen molar-refractivity contribution >= 4 is 46.4 Å². The van der Waals surface area contributed by atoms with Gasteiger partial charge in [0.1, 0.15) is 0 Å². The molecule has 6 heteroatoms. The average Bonchev–Trinajstić information content (AvgIpc) is 2.94. The molecule has 1 saturated heterocycles. The van der Waals surface area contributed by atoms with E-state index in [0.29, 0.717) is 22.3 Å². The van der Waals surface area contributed by atoms with Gasteiger partial charge in [-0.05, 0) is 37.6 Å². The molecule has 1 N–H and O–H groups in total. The SMILES string of the molecule is Cc1ccc(N2CC(C(=O)Nc3cccc(Cl)c3Cl)CC2=O)c(C)c1. The van der Waals surface area contributed by atoms with Crippen LogP contribution in [0, 0.1) is 19.8 Å². The first-order valence-electron chi connectivity index (χ1n) is 7.99. The van der Waals surface area contributed by atoms with Gasteiger partial charge in [0.2, 0.25) is 11.8 Å². The van der Waals surface area contributed by atoms with E-state index >= 15 is 0 Å². The number of benzene rings is 2. The number of carbonyl (C=O) groups is 2. The van der Waals surface area contributed by atoms with Crippen LogP contribution in [0.25, 0.3) is 0 Å². The quantitative estimate of drug-likeness (QED) is 0.850. The van der Waals surface area contributed by atoms with Gasteiger partial charge >= 0.3 is 0 Å². The van der Waals surface area contributed by atoms with Crippen LogP contribution in [0.3, 0.4) is 0 Å². The molecule has 1 heterocycles. The fourth-order valence-electron chi connectivity index (χ4n) is 3.06. The largest absolute Gasteiger partial charge is 0.324 e. The van der Waals surface area contributed by atoms with E-state index in [0.717, 1.165) is 16.8 Å². The van der Waals surface area contributed by atoms with Crippen LogP contribution >= 0.6 is 23.2 Å². The maximum Gasteiger partial charge on any atom is 0.229 e. The summed E-state index contributed by atoms with van der Waals surface area (Å²) >= 11 is 12.1. The normalized spacial score (nSPS) is 17.0. The molecule has 0 saturated carbocycles. The van der Waals surface area contributed by atoms with Crippen molar-refractivity contribution in [3.05, 3.63) is 57.6 Å². The first kappa shape index (κ1) is 17.8. The monoisotopic (exact) mass is 376 g/mol. The topological polar surface area (TPSA) is 49.4 Å². The highest BCUT2D eigenvalue weighted by molar-refractivity contribution is 6.44. The van der Waals surface area contributed by atoms with Gasteiger partial charge < -0.3 is 10.2 Å². The van der Waals surface area contributed by atoms with Crippen molar-refractivity contribution < 1.29 is 9.59 Å². The molecule has 1 aliphatic heterocycles. The van der Waals surface area contributed by atoms with E-state index in [4.69, 9.17) is 23.2 Å². The lowest BCUT2D eigenvalue weighted by atomic mass is 10.1. The second kappa shape index (κ2) is 7.06. The van der Waals surface area contributed by atoms with Crippen LogP contribution in [0.4, 0.5) is 11.4 Å². The summed E-state index contributed by atoms with van der Waals surface area (Å²) in [6, 6.07) is 11.0. The van der Waals surface area contributed by atoms with Crippen LogP contribution in [0.1, 0.15) is 17.5 Å². The van der Waals surface area contributed by atoms with Crippen LogP contribution in [0.15, 0.2) is 36.4 Å². The van der Waals surface area contributed by atoms with Gasteiger partial charge in [-0.15, -0.1) is 0 Å². The number of nitrogens with one attached hydrogen (secondary N) is 1. The van der Waals surface area contributed by atoms with Crippen LogP contribution in [-0.4, -0.2) is 18.4 Å². The lowest BCUT2D eigenvalue weighted by Crippen LogP contribution is -2.28. The summed E-state index contributed by atoms with van der Waals surface area (Å²) in [6.45, 7) is 4.33. The molecule has 3 rings (SSSR count). The van der Waals surface area contributed by atoms with Crippen molar-refractivity contribution in [2.75, 3.05) is 16.8 Å². The average molecular weight is 377 g/mol. The van der Waals surface area contributed by atoms with Crippen LogP contribution < -0.4 is 10.2 Å². The van der Waals surface area contributed by atoms with E-state index in [1.165, 1.54) is 0 Å². The van der Waals surface area contributed by atoms with E-state index in [1.54, 1.807) is 23.1 Å². The minimum absolute atomic E-state index is 0.0516. The Kier molecular flexibility index (Phi) is 5.02. The molecule has 0 bridgehead atoms. The van der Waals surface area contributed by atoms with Gasteiger partial charge in [0.05, 0.1) is 21.7 Å². The predicted octanol–water partition coefficient (Wildman–Crippen LogP) is 4.60. The zero-order valence-corrected chi connectivity index (χ0v) is 15.5. The lowest BCUT2D eigenvalue weighted by Gasteiger charge is -2.19. The van der Waals surface area contributed by atoms with Crippen molar-refractivity contribution in [2.24, 2.45) is 5.92 Å². The highest BCUT2D eigenvalue weighted by atomic mass is 35.5. The highest BCUT2D eigenvalue weighted by Crippen LogP contribution is 2.32. The fourth-order valence-corrected chi connectivity index (χ4v) is 3.41. The lowest BCUT2D eigenvalue weighted by molar-refractivity contribution is -0.122. The molecule has 4 nitrogen and oxygen atoms in total. The molecule has 2 aromatic rings. The van der Waals surface area contributed by atoms with E-state index in [9.17, 15) is 9.59 Å². The molecule has 25 heavy (non-hydrogen) atoms. The number of anilines is 2. The number of carbonyl (C=O) groups excluding carboxylic acids is 2. The Morgan fingerprint density at radius 1 is 1.20 bits per heavy atom. The van der Waals surface area contributed by atoms with E-state index < -0.39 is 5.92 Å². The fraction of sp³-hybridized carbons (Fsp3) is 0.263. The highest BCUT2D eigenvalue weighted by Gasteiger charge is 2.35. The van der Waals surface area contributed by atoms with E-state index in [-0.39, 0.29) is 18.2 Å². The van der Waals surface area contributed by atoms with Crippen molar-refractivity contribution in [2.45, 2.75) is 20.3 Å². The summed E-state index contributed by atoms with van der Waals surface area (Å²) in [7, 11) is 0. The molecule has 1 fully saturated rings. The molecular weight excluding hydrogens is 359 g/mol. The van der Waals surface area contributed by atoms with Gasteiger partial charge in [0.25, 0.3) is 0 Å². The summed E-state index contributed by atoms with van der Waals surface area (Å²) in [5.41, 5.74) is 3.47. The maximum absolute atomic E-state index is 12.5. The number of halogens is 2. The Labute approximate surface area is 156 Å². The Balaban J connectivity index is 1.75. The van der Waals surface area contributed by atoms with Gasteiger partial charge in [0.15, 0.2) is 0 Å². The molecule has 0 aromatic heterocycles. The third kappa shape index (κ3) is 3.65.